The second-order valence-corrected chi connectivity index (χ2v) is 28.6. The van der Waals surface area contributed by atoms with Gasteiger partial charge in [-0.2, -0.15) is 0 Å². The van der Waals surface area contributed by atoms with Gasteiger partial charge in [-0.3, -0.25) is 82.1 Å². The van der Waals surface area contributed by atoms with Gasteiger partial charge in [-0.05, 0) is 61.5 Å². The van der Waals surface area contributed by atoms with Crippen molar-refractivity contribution in [2.24, 2.45) is 66.9 Å². The number of hydrogen-bond donors (Lipinski definition) is 24. The maximum absolute atomic E-state index is 15.2. The van der Waals surface area contributed by atoms with Crippen LogP contribution >= 0.6 is 21.6 Å². The SMILES string of the molecule is CC[C@H](C)[C@@H]1NC(=O)[C@@H](CCCN=C(N)N)NC(=O)CNC(=O)CNC(=O)[C@H](Cc2ccccc2)NC(=O)[C@H](NC(=O)[C@H](CO)NC(=O)[C@@H](N)CO)CSSC[C@H](C(=O)N[C@H](Cc2ccccc2)C(=O)N[C@H](CCCN=C(N)N)C(=O)O)NC(=O)[C@@H]([C@@H](C)CC)NC(=O)[C@H](CCCN=C(N)N)NC(=O)[C@@H](CC(=O)O)NC1=O. The number of aliphatic hydroxyl groups is 2. The second kappa shape index (κ2) is 50.6. The van der Waals surface area contributed by atoms with Crippen molar-refractivity contribution >= 4 is 128 Å². The number of amides is 13. The van der Waals surface area contributed by atoms with E-state index in [4.69, 9.17) is 40.1 Å². The number of guanidine groups is 3. The van der Waals surface area contributed by atoms with Crippen LogP contribution in [-0.2, 0) is 84.8 Å². The molecule has 0 saturated carbocycles. The zero-order valence-corrected chi connectivity index (χ0v) is 64.2. The van der Waals surface area contributed by atoms with E-state index < -0.39 is 217 Å². The van der Waals surface area contributed by atoms with Gasteiger partial charge in [-0.1, -0.05) is 123 Å². The molecule has 1 aliphatic rings. The predicted octanol–water partition coefficient (Wildman–Crippen LogP) is -8.44. The van der Waals surface area contributed by atoms with Gasteiger partial charge in [0.2, 0.25) is 76.8 Å². The summed E-state index contributed by atoms with van der Waals surface area (Å²) in [6.07, 6.45) is -2.09. The first-order valence-corrected chi connectivity index (χ1v) is 38.4. The monoisotopic (exact) mass is 1610 g/mol. The number of nitrogens with two attached hydrogens (primary N) is 7. The van der Waals surface area contributed by atoms with Crippen molar-refractivity contribution in [3.05, 3.63) is 71.8 Å². The first kappa shape index (κ1) is 95.1. The number of carboxylic acids is 2. The fourth-order valence-electron chi connectivity index (χ4n) is 10.5. The molecule has 112 heavy (non-hydrogen) atoms. The van der Waals surface area contributed by atoms with Gasteiger partial charge < -0.3 is 130 Å². The highest BCUT2D eigenvalue weighted by Gasteiger charge is 2.39. The normalized spacial score (nSPS) is 21.4. The highest BCUT2D eigenvalue weighted by molar-refractivity contribution is 8.76. The molecule has 14 atom stereocenters. The number of carbonyl (C=O) groups is 15. The summed E-state index contributed by atoms with van der Waals surface area (Å²) in [5.41, 5.74) is 39.7. The number of carboxylic acid groups (broad SMARTS) is 2. The standard InChI is InChI=1S/C68H107N23O19S2/c1-5-35(3)52-63(107)86-45(28-51(96)97)59(103)82-41(21-14-24-77-67(72)73)57(101)91-53(36(4)6-2)64(108)89-48(62(106)85-44(27-38-18-11-8-12-19-38)58(102)83-42(65(109)110)22-15-25-78-68(74)75)34-112-111-33-47(88-60(104)46(32-93)87-54(98)39(69)31-92)61(105)84-43(26-37-16-9-7-10-17-37)55(99)80-29-49(94)79-30-50(95)81-40(56(100)90-52)20-13-23-76-66(70)71/h7-12,16-19,35-36,39-48,52-53,92-93H,5-6,13-15,20-34,69H2,1-4H3,(H,79,94)(H,80,99)(H,81,95)(H,82,103)(H,83,102)(H,84,105)(H,85,106)(H,86,107)(H,87,98)(H,88,104)(H,89,108)(H,90,100)(H,91,101)(H,96,97)(H,109,110)(H4,70,71,76)(H4,72,73,77)(H4,74,75,78)/t35-,36-,39-,40+,41-,42+,43-,44+,45+,46-,47+,48+,52-,53+/m0/s1. The maximum Gasteiger partial charge on any atom is 0.326 e. The molecular weight excluding hydrogens is 1510 g/mol. The largest absolute Gasteiger partial charge is 0.481 e. The summed E-state index contributed by atoms with van der Waals surface area (Å²) in [6, 6.07) is -3.96. The molecule has 1 aliphatic heterocycles. The van der Waals surface area contributed by atoms with Crippen molar-refractivity contribution in [2.75, 3.05) is 57.4 Å². The van der Waals surface area contributed by atoms with Gasteiger partial charge in [-0.25, -0.2) is 4.79 Å². The minimum atomic E-state index is -2.00. The molecule has 42 nitrogen and oxygen atoms in total. The Hall–Kier alpha value is -11.1. The Labute approximate surface area is 653 Å². The Morgan fingerprint density at radius 1 is 0.509 bits per heavy atom. The van der Waals surface area contributed by atoms with E-state index in [1.807, 2.05) is 0 Å². The van der Waals surface area contributed by atoms with E-state index in [0.717, 1.165) is 21.6 Å². The number of hydrogen-bond acceptors (Lipinski definition) is 23. The zero-order chi connectivity index (χ0) is 83.6. The van der Waals surface area contributed by atoms with Gasteiger partial charge in [-0.15, -0.1) is 0 Å². The highest BCUT2D eigenvalue weighted by atomic mass is 33.1. The molecule has 0 spiro atoms. The van der Waals surface area contributed by atoms with Crippen molar-refractivity contribution in [1.82, 2.24) is 69.1 Å². The number of nitrogens with one attached hydrogen (secondary N) is 13. The van der Waals surface area contributed by atoms with Crippen LogP contribution in [0.5, 0.6) is 0 Å². The lowest BCUT2D eigenvalue weighted by Crippen LogP contribution is -2.62. The number of aliphatic hydroxyl groups excluding tert-OH is 2. The van der Waals surface area contributed by atoms with Crippen molar-refractivity contribution in [3.8, 4) is 0 Å². The van der Waals surface area contributed by atoms with Gasteiger partial charge in [0, 0.05) is 44.0 Å². The molecule has 0 radical (unpaired) electrons. The molecule has 44 heteroatoms. The summed E-state index contributed by atoms with van der Waals surface area (Å²) >= 11 is 0. The summed E-state index contributed by atoms with van der Waals surface area (Å²) < 4.78 is 0. The molecule has 31 N–H and O–H groups in total. The van der Waals surface area contributed by atoms with E-state index in [2.05, 4.69) is 84.1 Å². The Balaban J connectivity index is 2.39. The van der Waals surface area contributed by atoms with Crippen molar-refractivity contribution < 1.29 is 92.3 Å². The number of rotatable bonds is 33. The molecule has 0 unspecified atom stereocenters. The van der Waals surface area contributed by atoms with Crippen LogP contribution < -0.4 is 109 Å². The highest BCUT2D eigenvalue weighted by Crippen LogP contribution is 2.25. The van der Waals surface area contributed by atoms with Crippen molar-refractivity contribution in [3.63, 3.8) is 0 Å². The summed E-state index contributed by atoms with van der Waals surface area (Å²) in [5.74, 6) is -20.8. The molecule has 0 aromatic heterocycles. The van der Waals surface area contributed by atoms with Crippen LogP contribution in [0.4, 0.5) is 0 Å². The van der Waals surface area contributed by atoms with Crippen LogP contribution in [-0.4, -0.2) is 257 Å². The van der Waals surface area contributed by atoms with Gasteiger partial charge in [0.05, 0.1) is 32.7 Å². The van der Waals surface area contributed by atoms with Crippen LogP contribution in [0, 0.1) is 11.8 Å². The van der Waals surface area contributed by atoms with Crippen LogP contribution in [0.15, 0.2) is 75.6 Å². The molecule has 0 aliphatic carbocycles. The zero-order valence-electron chi connectivity index (χ0n) is 62.6. The maximum atomic E-state index is 15.2. The van der Waals surface area contributed by atoms with Crippen LogP contribution in [0.3, 0.4) is 0 Å². The quantitative estimate of drug-likeness (QED) is 0.0137. The summed E-state index contributed by atoms with van der Waals surface area (Å²) in [7, 11) is 1.51. The fourth-order valence-corrected chi connectivity index (χ4v) is 12.9. The Morgan fingerprint density at radius 3 is 1.51 bits per heavy atom. The first-order chi connectivity index (χ1) is 53.1. The van der Waals surface area contributed by atoms with E-state index >= 15 is 9.59 Å². The third kappa shape index (κ3) is 35.7. The number of benzene rings is 2. The number of nitrogens with zero attached hydrogens (tertiary/aromatic N) is 3. The first-order valence-electron chi connectivity index (χ1n) is 35.9. The average Bonchev–Trinajstić information content (AvgIpc) is 0.869. The lowest BCUT2D eigenvalue weighted by atomic mass is 9.96. The Morgan fingerprint density at radius 2 is 0.991 bits per heavy atom. The van der Waals surface area contributed by atoms with E-state index in [-0.39, 0.29) is 102 Å². The molecular formula is C68H107N23O19S2. The number of aliphatic imine (C=N–C) groups is 3. The fraction of sp³-hybridized carbons (Fsp3) is 0.559. The number of aliphatic carboxylic acids is 2. The summed E-state index contributed by atoms with van der Waals surface area (Å²) in [5, 5.41) is 72.3. The van der Waals surface area contributed by atoms with Crippen LogP contribution in [0.2, 0.25) is 0 Å². The Bertz CT molecular complexity index is 3600. The topological polar surface area (TPSA) is 713 Å². The third-order valence-electron chi connectivity index (χ3n) is 17.2. The molecule has 2 aromatic rings. The molecule has 1 heterocycles. The molecule has 1 saturated heterocycles. The lowest BCUT2D eigenvalue weighted by Gasteiger charge is -2.30. The lowest BCUT2D eigenvalue weighted by molar-refractivity contribution is -0.142. The molecule has 3 rings (SSSR count). The second-order valence-electron chi connectivity index (χ2n) is 26.1. The van der Waals surface area contributed by atoms with E-state index in [1.54, 1.807) is 74.5 Å². The molecule has 13 amide bonds. The molecule has 1 fully saturated rings. The molecule has 620 valence electrons. The predicted molar refractivity (Wildman–Crippen MR) is 413 cm³/mol. The van der Waals surface area contributed by atoms with E-state index in [1.165, 1.54) is 13.8 Å². The third-order valence-corrected chi connectivity index (χ3v) is 19.6. The minimum Gasteiger partial charge on any atom is -0.481 e. The van der Waals surface area contributed by atoms with Gasteiger partial charge in [0.25, 0.3) is 0 Å². The van der Waals surface area contributed by atoms with Gasteiger partial charge in [0.15, 0.2) is 17.9 Å². The summed E-state index contributed by atoms with van der Waals surface area (Å²) in [6.45, 7) is 2.47. The molecule has 0 bridgehead atoms. The van der Waals surface area contributed by atoms with E-state index in [9.17, 15) is 82.8 Å². The molecule has 2 aromatic carbocycles. The van der Waals surface area contributed by atoms with E-state index in [0.29, 0.717) is 11.1 Å². The van der Waals surface area contributed by atoms with Gasteiger partial charge in [0.1, 0.15) is 72.5 Å². The van der Waals surface area contributed by atoms with Crippen molar-refractivity contribution in [1.29, 1.82) is 0 Å². The van der Waals surface area contributed by atoms with Crippen molar-refractivity contribution in [2.45, 2.75) is 171 Å². The van der Waals surface area contributed by atoms with Crippen LogP contribution in [0.1, 0.15) is 96.6 Å². The smallest absolute Gasteiger partial charge is 0.326 e. The van der Waals surface area contributed by atoms with Crippen LogP contribution in [0.25, 0.3) is 0 Å². The Kier molecular flexibility index (Phi) is 43.0. The minimum absolute atomic E-state index is 0.0189. The summed E-state index contributed by atoms with van der Waals surface area (Å²) in [4.78, 5) is 223. The average molecular weight is 1610 g/mol. The van der Waals surface area contributed by atoms with Gasteiger partial charge >= 0.3 is 11.9 Å². The number of carbonyl (C=O) groups excluding carboxylic acids is 13.